The molecular formula is C19H18F3NO3. The highest BCUT2D eigenvalue weighted by Crippen LogP contribution is 2.38. The number of hydrogen-bond donors (Lipinski definition) is 1. The second kappa shape index (κ2) is 6.97. The second-order valence-corrected chi connectivity index (χ2v) is 6.41. The van der Waals surface area contributed by atoms with E-state index in [1.54, 1.807) is 0 Å². The van der Waals surface area contributed by atoms with Gasteiger partial charge in [0, 0.05) is 5.92 Å². The molecule has 0 fully saturated rings. The molecule has 0 heterocycles. The van der Waals surface area contributed by atoms with Gasteiger partial charge in [0.25, 0.3) is 0 Å². The van der Waals surface area contributed by atoms with E-state index in [0.717, 1.165) is 37.7 Å². The lowest BCUT2D eigenvalue weighted by atomic mass is 10.0. The van der Waals surface area contributed by atoms with Crippen LogP contribution in [0.2, 0.25) is 0 Å². The van der Waals surface area contributed by atoms with E-state index in [4.69, 9.17) is 0 Å². The predicted molar refractivity (Wildman–Crippen MR) is 89.5 cm³/mol. The number of allylic oxidation sites excluding steroid dienone is 4. The lowest BCUT2D eigenvalue weighted by Gasteiger charge is -2.15. The highest BCUT2D eigenvalue weighted by molar-refractivity contribution is 6.02. The number of alkyl halides is 3. The number of methoxy groups -OCH3 is 1. The summed E-state index contributed by atoms with van der Waals surface area (Å²) >= 11 is 0. The van der Waals surface area contributed by atoms with Crippen molar-refractivity contribution in [3.63, 3.8) is 0 Å². The summed E-state index contributed by atoms with van der Waals surface area (Å²) in [5, 5.41) is 2.60. The lowest BCUT2D eigenvalue weighted by molar-refractivity contribution is -0.137. The van der Waals surface area contributed by atoms with E-state index in [1.165, 1.54) is 5.57 Å². The van der Waals surface area contributed by atoms with Gasteiger partial charge in [-0.15, -0.1) is 0 Å². The smallest absolute Gasteiger partial charge is 0.416 e. The number of halogens is 3. The van der Waals surface area contributed by atoms with Crippen molar-refractivity contribution in [2.24, 2.45) is 5.92 Å². The van der Waals surface area contributed by atoms with Crippen LogP contribution in [-0.2, 0) is 15.7 Å². The summed E-state index contributed by atoms with van der Waals surface area (Å²) in [5.74, 6) is -1.52. The maximum absolute atomic E-state index is 12.9. The minimum atomic E-state index is -4.59. The quantitative estimate of drug-likeness (QED) is 0.803. The number of carbonyl (C=O) groups is 2. The summed E-state index contributed by atoms with van der Waals surface area (Å²) in [6, 6.07) is 2.62. The van der Waals surface area contributed by atoms with Crippen molar-refractivity contribution >= 4 is 17.6 Å². The number of amides is 1. The van der Waals surface area contributed by atoms with E-state index in [9.17, 15) is 22.8 Å². The van der Waals surface area contributed by atoms with Crippen molar-refractivity contribution in [3.8, 4) is 0 Å². The standard InChI is InChI=1S/C19H18F3NO3/c1-26-18(25)15-10-14(19(20,21)22)6-7-16(15)23-17(24)13-8-11-4-2-3-5-12(11)9-13/h2,4,6-7,10,13H,3,5,8-9H2,1H3,(H,23,24). The zero-order valence-electron chi connectivity index (χ0n) is 14.2. The lowest BCUT2D eigenvalue weighted by Crippen LogP contribution is -2.23. The molecule has 7 heteroatoms. The topological polar surface area (TPSA) is 55.4 Å². The van der Waals surface area contributed by atoms with Crippen LogP contribution in [0.1, 0.15) is 41.6 Å². The summed E-state index contributed by atoms with van der Waals surface area (Å²) in [6.07, 6.45) is 2.65. The summed E-state index contributed by atoms with van der Waals surface area (Å²) in [6.45, 7) is 0. The number of carbonyl (C=O) groups excluding carboxylic acids is 2. The summed E-state index contributed by atoms with van der Waals surface area (Å²) < 4.78 is 43.2. The Hall–Kier alpha value is -2.57. The number of nitrogens with one attached hydrogen (secondary N) is 1. The molecule has 0 aliphatic heterocycles. The molecule has 26 heavy (non-hydrogen) atoms. The molecule has 0 saturated heterocycles. The monoisotopic (exact) mass is 365 g/mol. The first-order chi connectivity index (χ1) is 12.3. The van der Waals surface area contributed by atoms with Gasteiger partial charge in [-0.3, -0.25) is 4.79 Å². The molecule has 0 saturated carbocycles. The minimum Gasteiger partial charge on any atom is -0.465 e. The maximum atomic E-state index is 12.9. The van der Waals surface area contributed by atoms with Crippen LogP contribution < -0.4 is 5.32 Å². The zero-order valence-corrected chi connectivity index (χ0v) is 14.2. The van der Waals surface area contributed by atoms with Crippen molar-refractivity contribution in [1.82, 2.24) is 0 Å². The largest absolute Gasteiger partial charge is 0.465 e. The van der Waals surface area contributed by atoms with Crippen molar-refractivity contribution in [2.75, 3.05) is 12.4 Å². The molecule has 1 unspecified atom stereocenters. The second-order valence-electron chi connectivity index (χ2n) is 6.41. The first-order valence-electron chi connectivity index (χ1n) is 8.27. The number of ether oxygens (including phenoxy) is 1. The number of benzene rings is 1. The molecule has 3 rings (SSSR count). The van der Waals surface area contributed by atoms with E-state index in [-0.39, 0.29) is 23.1 Å². The van der Waals surface area contributed by atoms with Gasteiger partial charge in [-0.25, -0.2) is 4.79 Å². The van der Waals surface area contributed by atoms with Gasteiger partial charge in [0.15, 0.2) is 0 Å². The summed E-state index contributed by atoms with van der Waals surface area (Å²) in [5.41, 5.74) is 1.16. The van der Waals surface area contributed by atoms with E-state index in [1.807, 2.05) is 6.08 Å². The Morgan fingerprint density at radius 3 is 2.65 bits per heavy atom. The van der Waals surface area contributed by atoms with Crippen LogP contribution in [0, 0.1) is 5.92 Å². The fraction of sp³-hybridized carbons (Fsp3) is 0.368. The third kappa shape index (κ3) is 3.66. The van der Waals surface area contributed by atoms with Crippen LogP contribution in [0.15, 0.2) is 41.5 Å². The Labute approximate surface area is 148 Å². The molecule has 138 valence electrons. The average Bonchev–Trinajstić information content (AvgIpc) is 3.04. The van der Waals surface area contributed by atoms with E-state index in [2.05, 4.69) is 16.1 Å². The highest BCUT2D eigenvalue weighted by Gasteiger charge is 2.33. The maximum Gasteiger partial charge on any atom is 0.416 e. The number of rotatable bonds is 3. The Balaban J connectivity index is 1.80. The van der Waals surface area contributed by atoms with Gasteiger partial charge in [0.05, 0.1) is 23.9 Å². The predicted octanol–water partition coefficient (Wildman–Crippen LogP) is 4.49. The minimum absolute atomic E-state index is 0.0234. The molecule has 4 nitrogen and oxygen atoms in total. The van der Waals surface area contributed by atoms with Gasteiger partial charge < -0.3 is 10.1 Å². The van der Waals surface area contributed by atoms with Crippen LogP contribution in [0.4, 0.5) is 18.9 Å². The number of hydrogen-bond acceptors (Lipinski definition) is 3. The van der Waals surface area contributed by atoms with E-state index >= 15 is 0 Å². The van der Waals surface area contributed by atoms with Crippen LogP contribution in [0.5, 0.6) is 0 Å². The van der Waals surface area contributed by atoms with E-state index < -0.39 is 17.7 Å². The first kappa shape index (κ1) is 18.2. The highest BCUT2D eigenvalue weighted by atomic mass is 19.4. The normalized spacial score (nSPS) is 19.3. The molecule has 2 aliphatic rings. The van der Waals surface area contributed by atoms with Gasteiger partial charge in [-0.2, -0.15) is 13.2 Å². The molecule has 1 atom stereocenters. The zero-order chi connectivity index (χ0) is 18.9. The molecule has 1 aromatic rings. The Morgan fingerprint density at radius 1 is 1.23 bits per heavy atom. The van der Waals surface area contributed by atoms with Crippen molar-refractivity contribution in [1.29, 1.82) is 0 Å². The molecule has 0 bridgehead atoms. The number of esters is 1. The van der Waals surface area contributed by atoms with Crippen LogP contribution in [-0.4, -0.2) is 19.0 Å². The van der Waals surface area contributed by atoms with Gasteiger partial charge in [0.1, 0.15) is 0 Å². The van der Waals surface area contributed by atoms with Gasteiger partial charge in [-0.1, -0.05) is 17.7 Å². The fourth-order valence-electron chi connectivity index (χ4n) is 3.37. The van der Waals surface area contributed by atoms with Crippen LogP contribution in [0.3, 0.4) is 0 Å². The molecule has 1 aromatic carbocycles. The van der Waals surface area contributed by atoms with Crippen molar-refractivity contribution < 1.29 is 27.5 Å². The average molecular weight is 365 g/mol. The Kier molecular flexibility index (Phi) is 4.89. The summed E-state index contributed by atoms with van der Waals surface area (Å²) in [4.78, 5) is 24.4. The molecular weight excluding hydrogens is 347 g/mol. The van der Waals surface area contributed by atoms with Crippen molar-refractivity contribution in [3.05, 3.63) is 52.6 Å². The van der Waals surface area contributed by atoms with E-state index in [0.29, 0.717) is 18.9 Å². The molecule has 1 amide bonds. The van der Waals surface area contributed by atoms with Gasteiger partial charge in [0.2, 0.25) is 5.91 Å². The SMILES string of the molecule is COC(=O)c1cc(C(F)(F)F)ccc1NC(=O)C1CC2=C(CCC=C2)C1. The molecule has 0 aromatic heterocycles. The van der Waals surface area contributed by atoms with Crippen LogP contribution in [0.25, 0.3) is 0 Å². The summed E-state index contributed by atoms with van der Waals surface area (Å²) in [7, 11) is 1.08. The third-order valence-electron chi connectivity index (χ3n) is 4.73. The van der Waals surface area contributed by atoms with Gasteiger partial charge >= 0.3 is 12.1 Å². The Morgan fingerprint density at radius 2 is 2.00 bits per heavy atom. The third-order valence-corrected chi connectivity index (χ3v) is 4.73. The Bertz CT molecular complexity index is 809. The van der Waals surface area contributed by atoms with Gasteiger partial charge in [-0.05, 0) is 49.5 Å². The van der Waals surface area contributed by atoms with Crippen molar-refractivity contribution in [2.45, 2.75) is 31.9 Å². The van der Waals surface area contributed by atoms with Crippen LogP contribution >= 0.6 is 0 Å². The molecule has 0 radical (unpaired) electrons. The first-order valence-corrected chi connectivity index (χ1v) is 8.27. The molecule has 2 aliphatic carbocycles. The molecule has 0 spiro atoms. The fourth-order valence-corrected chi connectivity index (χ4v) is 3.37. The molecule has 1 N–H and O–H groups in total. The number of anilines is 1.